The molecule has 0 aromatic heterocycles. The van der Waals surface area contributed by atoms with Crippen LogP contribution in [-0.4, -0.2) is 23.0 Å². The van der Waals surface area contributed by atoms with Crippen molar-refractivity contribution in [1.29, 1.82) is 0 Å². The summed E-state index contributed by atoms with van der Waals surface area (Å²) in [5.41, 5.74) is 0. The SMILES string of the molecule is C=CNC(=O)CSCSC. The van der Waals surface area contributed by atoms with Gasteiger partial charge in [-0.25, -0.2) is 0 Å². The molecular formula is C6H11NOS2. The van der Waals surface area contributed by atoms with Gasteiger partial charge in [0.15, 0.2) is 0 Å². The van der Waals surface area contributed by atoms with E-state index in [2.05, 4.69) is 11.9 Å². The monoisotopic (exact) mass is 177 g/mol. The second-order valence-corrected chi connectivity index (χ2v) is 3.74. The fraction of sp³-hybridized carbons (Fsp3) is 0.500. The molecule has 0 aliphatic heterocycles. The summed E-state index contributed by atoms with van der Waals surface area (Å²) in [7, 11) is 0. The minimum atomic E-state index is 0.0223. The number of carbonyl (C=O) groups excluding carboxylic acids is 1. The number of hydrogen-bond donors (Lipinski definition) is 1. The topological polar surface area (TPSA) is 29.1 Å². The van der Waals surface area contributed by atoms with Gasteiger partial charge in [-0.15, -0.1) is 11.8 Å². The lowest BCUT2D eigenvalue weighted by Crippen LogP contribution is -2.18. The Labute approximate surface area is 69.8 Å². The molecule has 1 amide bonds. The maximum absolute atomic E-state index is 10.7. The average molecular weight is 177 g/mol. The summed E-state index contributed by atoms with van der Waals surface area (Å²) in [6, 6.07) is 0. The fourth-order valence-corrected chi connectivity index (χ4v) is 1.64. The van der Waals surface area contributed by atoms with E-state index in [-0.39, 0.29) is 5.91 Å². The van der Waals surface area contributed by atoms with E-state index in [0.717, 1.165) is 5.08 Å². The van der Waals surface area contributed by atoms with Crippen molar-refractivity contribution in [3.05, 3.63) is 12.8 Å². The predicted octanol–water partition coefficient (Wildman–Crippen LogP) is 1.30. The molecule has 0 saturated carbocycles. The van der Waals surface area contributed by atoms with E-state index in [1.54, 1.807) is 23.5 Å². The molecule has 0 heterocycles. The van der Waals surface area contributed by atoms with Gasteiger partial charge >= 0.3 is 0 Å². The molecule has 0 fully saturated rings. The quantitative estimate of drug-likeness (QED) is 0.507. The minimum Gasteiger partial charge on any atom is -0.333 e. The summed E-state index contributed by atoms with van der Waals surface area (Å²) in [4.78, 5) is 10.7. The van der Waals surface area contributed by atoms with Crippen LogP contribution < -0.4 is 5.32 Å². The number of thioether (sulfide) groups is 2. The van der Waals surface area contributed by atoms with Gasteiger partial charge < -0.3 is 5.32 Å². The summed E-state index contributed by atoms with van der Waals surface area (Å²) in [6.45, 7) is 3.38. The minimum absolute atomic E-state index is 0.0223. The Balaban J connectivity index is 3.13. The van der Waals surface area contributed by atoms with Gasteiger partial charge in [-0.2, -0.15) is 11.8 Å². The van der Waals surface area contributed by atoms with E-state index >= 15 is 0 Å². The Hall–Kier alpha value is -0.0900. The van der Waals surface area contributed by atoms with Crippen molar-refractivity contribution in [3.8, 4) is 0 Å². The van der Waals surface area contributed by atoms with Crippen LogP contribution in [0.3, 0.4) is 0 Å². The molecule has 0 aromatic carbocycles. The molecule has 10 heavy (non-hydrogen) atoms. The molecule has 0 unspecified atom stereocenters. The third-order valence-corrected chi connectivity index (χ3v) is 2.77. The van der Waals surface area contributed by atoms with Crippen molar-refractivity contribution in [2.24, 2.45) is 0 Å². The Kier molecular flexibility index (Phi) is 6.96. The van der Waals surface area contributed by atoms with Gasteiger partial charge in [0, 0.05) is 5.08 Å². The number of nitrogens with one attached hydrogen (secondary N) is 1. The lowest BCUT2D eigenvalue weighted by atomic mass is 10.7. The van der Waals surface area contributed by atoms with Crippen LogP contribution in [0.25, 0.3) is 0 Å². The Morgan fingerprint density at radius 3 is 3.00 bits per heavy atom. The lowest BCUT2D eigenvalue weighted by molar-refractivity contribution is -0.117. The molecular weight excluding hydrogens is 166 g/mol. The molecule has 1 N–H and O–H groups in total. The van der Waals surface area contributed by atoms with Gasteiger partial charge in [0.25, 0.3) is 0 Å². The summed E-state index contributed by atoms with van der Waals surface area (Å²) >= 11 is 3.32. The second kappa shape index (κ2) is 7.02. The molecule has 4 heteroatoms. The smallest absolute Gasteiger partial charge is 0.233 e. The first-order valence-electron chi connectivity index (χ1n) is 2.78. The van der Waals surface area contributed by atoms with Gasteiger partial charge in [0.1, 0.15) is 0 Å². The summed E-state index contributed by atoms with van der Waals surface area (Å²) in [5.74, 6) is 0.543. The molecule has 0 rings (SSSR count). The van der Waals surface area contributed by atoms with Crippen LogP contribution in [0.15, 0.2) is 12.8 Å². The molecule has 0 aliphatic carbocycles. The largest absolute Gasteiger partial charge is 0.333 e. The normalized spacial score (nSPS) is 8.90. The molecule has 58 valence electrons. The first kappa shape index (κ1) is 9.91. The van der Waals surface area contributed by atoms with E-state index in [0.29, 0.717) is 5.75 Å². The van der Waals surface area contributed by atoms with Gasteiger partial charge in [-0.05, 0) is 12.5 Å². The summed E-state index contributed by atoms with van der Waals surface area (Å²) in [5, 5.41) is 3.46. The van der Waals surface area contributed by atoms with Crippen molar-refractivity contribution in [3.63, 3.8) is 0 Å². The van der Waals surface area contributed by atoms with Crippen LogP contribution in [0.5, 0.6) is 0 Å². The highest BCUT2D eigenvalue weighted by Crippen LogP contribution is 2.06. The van der Waals surface area contributed by atoms with E-state index in [9.17, 15) is 4.79 Å². The van der Waals surface area contributed by atoms with Crippen molar-refractivity contribution in [2.45, 2.75) is 0 Å². The van der Waals surface area contributed by atoms with Gasteiger partial charge in [0.2, 0.25) is 5.91 Å². The highest BCUT2D eigenvalue weighted by Gasteiger charge is 1.95. The highest BCUT2D eigenvalue weighted by molar-refractivity contribution is 8.15. The first-order chi connectivity index (χ1) is 4.81. The van der Waals surface area contributed by atoms with Gasteiger partial charge in [-0.3, -0.25) is 4.79 Å². The molecule has 0 atom stereocenters. The number of hydrogen-bond acceptors (Lipinski definition) is 3. The van der Waals surface area contributed by atoms with Crippen LogP contribution in [0.4, 0.5) is 0 Å². The van der Waals surface area contributed by atoms with Crippen LogP contribution in [0.2, 0.25) is 0 Å². The molecule has 0 radical (unpaired) electrons. The van der Waals surface area contributed by atoms with Gasteiger partial charge in [-0.1, -0.05) is 6.58 Å². The molecule has 0 aliphatic rings. The summed E-state index contributed by atoms with van der Waals surface area (Å²) in [6.07, 6.45) is 3.42. The van der Waals surface area contributed by atoms with Crippen LogP contribution in [0, 0.1) is 0 Å². The number of amides is 1. The number of rotatable bonds is 5. The Morgan fingerprint density at radius 1 is 1.80 bits per heavy atom. The van der Waals surface area contributed by atoms with E-state index in [4.69, 9.17) is 0 Å². The molecule has 0 spiro atoms. The first-order valence-corrected chi connectivity index (χ1v) is 5.33. The third kappa shape index (κ3) is 6.04. The Morgan fingerprint density at radius 2 is 2.50 bits per heavy atom. The van der Waals surface area contributed by atoms with Crippen molar-refractivity contribution in [2.75, 3.05) is 17.1 Å². The van der Waals surface area contributed by atoms with Crippen molar-refractivity contribution in [1.82, 2.24) is 5.32 Å². The standard InChI is InChI=1S/C6H11NOS2/c1-3-7-6(8)4-10-5-9-2/h3H,1,4-5H2,2H3,(H,7,8). The van der Waals surface area contributed by atoms with Crippen LogP contribution in [0.1, 0.15) is 0 Å². The molecule has 0 aromatic rings. The molecule has 0 saturated heterocycles. The zero-order chi connectivity index (χ0) is 7.82. The fourth-order valence-electron chi connectivity index (χ4n) is 0.373. The molecule has 2 nitrogen and oxygen atoms in total. The average Bonchev–Trinajstić information content (AvgIpc) is 1.89. The zero-order valence-electron chi connectivity index (χ0n) is 5.92. The van der Waals surface area contributed by atoms with E-state index in [1.807, 2.05) is 6.26 Å². The second-order valence-electron chi connectivity index (χ2n) is 1.53. The third-order valence-electron chi connectivity index (χ3n) is 0.697. The molecule has 0 bridgehead atoms. The van der Waals surface area contributed by atoms with Crippen LogP contribution in [-0.2, 0) is 4.79 Å². The van der Waals surface area contributed by atoms with Crippen molar-refractivity contribution < 1.29 is 4.79 Å². The Bertz CT molecular complexity index is 116. The lowest BCUT2D eigenvalue weighted by Gasteiger charge is -1.97. The maximum Gasteiger partial charge on any atom is 0.233 e. The van der Waals surface area contributed by atoms with Gasteiger partial charge in [0.05, 0.1) is 5.75 Å². The highest BCUT2D eigenvalue weighted by atomic mass is 32.2. The predicted molar refractivity (Wildman–Crippen MR) is 49.2 cm³/mol. The maximum atomic E-state index is 10.7. The summed E-state index contributed by atoms with van der Waals surface area (Å²) < 4.78 is 0. The van der Waals surface area contributed by atoms with E-state index < -0.39 is 0 Å². The number of carbonyl (C=O) groups is 1. The van der Waals surface area contributed by atoms with E-state index in [1.165, 1.54) is 6.20 Å². The van der Waals surface area contributed by atoms with Crippen LogP contribution >= 0.6 is 23.5 Å². The van der Waals surface area contributed by atoms with Crippen molar-refractivity contribution >= 4 is 29.4 Å². The zero-order valence-corrected chi connectivity index (χ0v) is 7.56.